The lowest BCUT2D eigenvalue weighted by molar-refractivity contribution is -0.108. The summed E-state index contributed by atoms with van der Waals surface area (Å²) in [6.45, 7) is 5.19. The van der Waals surface area contributed by atoms with Crippen LogP contribution in [-0.2, 0) is 9.53 Å². The van der Waals surface area contributed by atoms with E-state index in [1.807, 2.05) is 36.4 Å². The van der Waals surface area contributed by atoms with Crippen molar-refractivity contribution >= 4 is 16.9 Å². The summed E-state index contributed by atoms with van der Waals surface area (Å²) in [7, 11) is 0. The summed E-state index contributed by atoms with van der Waals surface area (Å²) in [5, 5.41) is 0. The van der Waals surface area contributed by atoms with Crippen LogP contribution in [0.4, 0.5) is 0 Å². The van der Waals surface area contributed by atoms with Crippen LogP contribution >= 0.6 is 0 Å². The van der Waals surface area contributed by atoms with Crippen molar-refractivity contribution in [1.82, 2.24) is 0 Å². The molecule has 0 spiro atoms. The fraction of sp³-hybridized carbons (Fsp3) is 0.190. The van der Waals surface area contributed by atoms with Gasteiger partial charge in [0.25, 0.3) is 0 Å². The van der Waals surface area contributed by atoms with Crippen LogP contribution in [0.15, 0.2) is 59.7 Å². The van der Waals surface area contributed by atoms with E-state index in [1.165, 1.54) is 0 Å². The molecule has 1 fully saturated rings. The van der Waals surface area contributed by atoms with Gasteiger partial charge in [-0.25, -0.2) is 0 Å². The van der Waals surface area contributed by atoms with Gasteiger partial charge in [0.1, 0.15) is 0 Å². The predicted molar refractivity (Wildman–Crippen MR) is 92.0 cm³/mol. The minimum absolute atomic E-state index is 0.141. The molecule has 0 unspecified atom stereocenters. The molecule has 2 nitrogen and oxygen atoms in total. The third kappa shape index (κ3) is 2.10. The average molecular weight is 302 g/mol. The SMILES string of the molecule is Cc1cccc(C)c1C1=C2COCC2=C(c2ccccc2)C1=O. The molecule has 0 atom stereocenters. The predicted octanol–water partition coefficient (Wildman–Crippen LogP) is 4.12. The molecule has 2 aromatic carbocycles. The molecule has 0 aromatic heterocycles. The van der Waals surface area contributed by atoms with Crippen molar-refractivity contribution in [2.75, 3.05) is 13.2 Å². The van der Waals surface area contributed by atoms with Gasteiger partial charge in [0.05, 0.1) is 13.2 Å². The lowest BCUT2D eigenvalue weighted by atomic mass is 9.90. The highest BCUT2D eigenvalue weighted by Gasteiger charge is 2.37. The number of hydrogen-bond donors (Lipinski definition) is 0. The quantitative estimate of drug-likeness (QED) is 0.834. The molecule has 2 aromatic rings. The molecule has 0 radical (unpaired) electrons. The molecule has 1 saturated heterocycles. The normalized spacial score (nSPS) is 17.2. The summed E-state index contributed by atoms with van der Waals surface area (Å²) in [5.74, 6) is 0.141. The fourth-order valence-electron chi connectivity index (χ4n) is 3.66. The largest absolute Gasteiger partial charge is 0.372 e. The Balaban J connectivity index is 1.93. The van der Waals surface area contributed by atoms with Crippen molar-refractivity contribution in [2.45, 2.75) is 13.8 Å². The highest BCUT2D eigenvalue weighted by Crippen LogP contribution is 2.44. The highest BCUT2D eigenvalue weighted by molar-refractivity contribution is 6.47. The van der Waals surface area contributed by atoms with E-state index in [2.05, 4.69) is 26.0 Å². The zero-order valence-electron chi connectivity index (χ0n) is 13.3. The summed E-state index contributed by atoms with van der Waals surface area (Å²) in [6.07, 6.45) is 0. The van der Waals surface area contributed by atoms with E-state index in [9.17, 15) is 4.79 Å². The molecule has 0 amide bonds. The van der Waals surface area contributed by atoms with Crippen molar-refractivity contribution in [3.05, 3.63) is 81.9 Å². The first-order valence-electron chi connectivity index (χ1n) is 7.89. The van der Waals surface area contributed by atoms with Crippen LogP contribution in [0.5, 0.6) is 0 Å². The average Bonchev–Trinajstić information content (AvgIpc) is 3.10. The Hall–Kier alpha value is -2.45. The Morgan fingerprint density at radius 1 is 0.783 bits per heavy atom. The number of hydrogen-bond acceptors (Lipinski definition) is 2. The zero-order valence-corrected chi connectivity index (χ0v) is 13.3. The van der Waals surface area contributed by atoms with E-state index in [-0.39, 0.29) is 5.78 Å². The second-order valence-corrected chi connectivity index (χ2v) is 6.16. The number of carbonyl (C=O) groups excluding carboxylic acids is 1. The van der Waals surface area contributed by atoms with E-state index < -0.39 is 0 Å². The van der Waals surface area contributed by atoms with Crippen molar-refractivity contribution in [1.29, 1.82) is 0 Å². The molecular formula is C21H18O2. The number of carbonyl (C=O) groups is 1. The molecule has 0 N–H and O–H groups in total. The first-order valence-corrected chi connectivity index (χ1v) is 7.89. The number of allylic oxidation sites excluding steroid dienone is 2. The number of rotatable bonds is 2. The summed E-state index contributed by atoms with van der Waals surface area (Å²) < 4.78 is 5.68. The maximum Gasteiger partial charge on any atom is 0.195 e. The van der Waals surface area contributed by atoms with Crippen molar-refractivity contribution in [2.24, 2.45) is 0 Å². The van der Waals surface area contributed by atoms with E-state index in [4.69, 9.17) is 4.74 Å². The van der Waals surface area contributed by atoms with Crippen LogP contribution in [0, 0.1) is 13.8 Å². The molecule has 1 heterocycles. The van der Waals surface area contributed by atoms with Gasteiger partial charge in [-0.3, -0.25) is 4.79 Å². The molecule has 0 bridgehead atoms. The fourth-order valence-corrected chi connectivity index (χ4v) is 3.66. The van der Waals surface area contributed by atoms with Gasteiger partial charge in [-0.1, -0.05) is 48.5 Å². The minimum atomic E-state index is 0.141. The standard InChI is InChI=1S/C21H18O2/c1-13-7-6-8-14(2)18(13)20-17-12-23-11-16(17)19(21(20)22)15-9-4-3-5-10-15/h3-10H,11-12H2,1-2H3. The lowest BCUT2D eigenvalue weighted by Gasteiger charge is -2.13. The van der Waals surface area contributed by atoms with Crippen molar-refractivity contribution < 1.29 is 9.53 Å². The molecule has 1 aliphatic heterocycles. The Labute approximate surface area is 136 Å². The summed E-state index contributed by atoms with van der Waals surface area (Å²) in [5.41, 5.74) is 8.13. The number of ether oxygens (including phenoxy) is 1. The van der Waals surface area contributed by atoms with E-state index in [0.717, 1.165) is 44.5 Å². The van der Waals surface area contributed by atoms with Gasteiger partial charge in [-0.05, 0) is 47.2 Å². The Kier molecular flexibility index (Phi) is 3.28. The molecule has 0 saturated carbocycles. The lowest BCUT2D eigenvalue weighted by Crippen LogP contribution is -2.06. The molecular weight excluding hydrogens is 284 g/mol. The van der Waals surface area contributed by atoms with Gasteiger partial charge in [-0.2, -0.15) is 0 Å². The molecule has 23 heavy (non-hydrogen) atoms. The number of ketones is 1. The van der Waals surface area contributed by atoms with Gasteiger partial charge in [0, 0.05) is 11.1 Å². The van der Waals surface area contributed by atoms with Crippen LogP contribution in [-0.4, -0.2) is 19.0 Å². The minimum Gasteiger partial charge on any atom is -0.372 e. The summed E-state index contributed by atoms with van der Waals surface area (Å²) in [6, 6.07) is 16.1. The Morgan fingerprint density at radius 3 is 2.04 bits per heavy atom. The third-order valence-corrected chi connectivity index (χ3v) is 4.71. The second kappa shape index (κ2) is 5.32. The smallest absolute Gasteiger partial charge is 0.195 e. The van der Waals surface area contributed by atoms with Crippen molar-refractivity contribution in [3.8, 4) is 0 Å². The van der Waals surface area contributed by atoms with Crippen LogP contribution in [0.1, 0.15) is 22.3 Å². The monoisotopic (exact) mass is 302 g/mol. The zero-order chi connectivity index (χ0) is 16.0. The topological polar surface area (TPSA) is 26.3 Å². The van der Waals surface area contributed by atoms with E-state index in [1.54, 1.807) is 0 Å². The van der Waals surface area contributed by atoms with Crippen LogP contribution < -0.4 is 0 Å². The van der Waals surface area contributed by atoms with Gasteiger partial charge >= 0.3 is 0 Å². The van der Waals surface area contributed by atoms with Gasteiger partial charge < -0.3 is 4.74 Å². The number of fused-ring (bicyclic) bond motifs is 1. The van der Waals surface area contributed by atoms with E-state index >= 15 is 0 Å². The first kappa shape index (κ1) is 14.2. The van der Waals surface area contributed by atoms with E-state index in [0.29, 0.717) is 13.2 Å². The first-order chi connectivity index (χ1) is 11.2. The molecule has 2 aliphatic rings. The molecule has 4 rings (SSSR count). The highest BCUT2D eigenvalue weighted by atomic mass is 16.5. The van der Waals surface area contributed by atoms with Crippen LogP contribution in [0.2, 0.25) is 0 Å². The van der Waals surface area contributed by atoms with Gasteiger partial charge in [0.2, 0.25) is 0 Å². The summed E-state index contributed by atoms with van der Waals surface area (Å²) >= 11 is 0. The number of Topliss-reactive ketones (excluding diaryl/α,β-unsaturated/α-hetero) is 1. The van der Waals surface area contributed by atoms with Crippen LogP contribution in [0.3, 0.4) is 0 Å². The second-order valence-electron chi connectivity index (χ2n) is 6.16. The number of benzene rings is 2. The Morgan fingerprint density at radius 2 is 1.39 bits per heavy atom. The maximum absolute atomic E-state index is 13.3. The Bertz CT molecular complexity index is 850. The molecule has 1 aliphatic carbocycles. The van der Waals surface area contributed by atoms with Crippen molar-refractivity contribution in [3.63, 3.8) is 0 Å². The van der Waals surface area contributed by atoms with Gasteiger partial charge in [0.15, 0.2) is 5.78 Å². The molecule has 114 valence electrons. The summed E-state index contributed by atoms with van der Waals surface area (Å²) in [4.78, 5) is 13.3. The van der Waals surface area contributed by atoms with Crippen LogP contribution in [0.25, 0.3) is 11.1 Å². The number of aryl methyl sites for hydroxylation is 2. The third-order valence-electron chi connectivity index (χ3n) is 4.71. The molecule has 2 heteroatoms. The van der Waals surface area contributed by atoms with Gasteiger partial charge in [-0.15, -0.1) is 0 Å². The maximum atomic E-state index is 13.3.